The van der Waals surface area contributed by atoms with Crippen LogP contribution in [0, 0.1) is 0 Å². The van der Waals surface area contributed by atoms with Crippen molar-refractivity contribution < 1.29 is 18.0 Å². The van der Waals surface area contributed by atoms with Gasteiger partial charge in [-0.05, 0) is 31.0 Å². The molecule has 2 amide bonds. The lowest BCUT2D eigenvalue weighted by Gasteiger charge is -2.18. The lowest BCUT2D eigenvalue weighted by atomic mass is 10.2. The van der Waals surface area contributed by atoms with Gasteiger partial charge in [-0.3, -0.25) is 9.59 Å². The predicted octanol–water partition coefficient (Wildman–Crippen LogP) is 0.726. The molecular weight excluding hydrogens is 330 g/mol. The number of sulfonamides is 1. The molecule has 1 saturated carbocycles. The van der Waals surface area contributed by atoms with Crippen molar-refractivity contribution in [2.24, 2.45) is 0 Å². The van der Waals surface area contributed by atoms with E-state index in [1.807, 2.05) is 0 Å². The van der Waals surface area contributed by atoms with Crippen molar-refractivity contribution in [1.29, 1.82) is 0 Å². The van der Waals surface area contributed by atoms with E-state index in [1.165, 1.54) is 28.6 Å². The lowest BCUT2D eigenvalue weighted by Crippen LogP contribution is -2.38. The normalized spacial score (nSPS) is 14.5. The van der Waals surface area contributed by atoms with Crippen LogP contribution in [0.1, 0.15) is 37.0 Å². The van der Waals surface area contributed by atoms with Crippen LogP contribution >= 0.6 is 0 Å². The van der Waals surface area contributed by atoms with Gasteiger partial charge in [0.25, 0.3) is 5.91 Å². The van der Waals surface area contributed by atoms with E-state index in [-0.39, 0.29) is 29.0 Å². The summed E-state index contributed by atoms with van der Waals surface area (Å²) in [5, 5.41) is 5.28. The van der Waals surface area contributed by atoms with E-state index in [9.17, 15) is 18.0 Å². The zero-order valence-corrected chi connectivity index (χ0v) is 14.7. The van der Waals surface area contributed by atoms with Gasteiger partial charge in [0.2, 0.25) is 15.9 Å². The van der Waals surface area contributed by atoms with Crippen molar-refractivity contribution in [1.82, 2.24) is 14.9 Å². The number of carbonyl (C=O) groups is 2. The first-order chi connectivity index (χ1) is 11.4. The Kier molecular flexibility index (Phi) is 5.95. The van der Waals surface area contributed by atoms with Gasteiger partial charge in [-0.25, -0.2) is 8.42 Å². The smallest absolute Gasteiger partial charge is 0.251 e. The Morgan fingerprint density at radius 1 is 1.21 bits per heavy atom. The second kappa shape index (κ2) is 7.76. The Labute approximate surface area is 142 Å². The van der Waals surface area contributed by atoms with Crippen LogP contribution < -0.4 is 10.6 Å². The molecule has 2 rings (SSSR count). The van der Waals surface area contributed by atoms with Gasteiger partial charge in [-0.2, -0.15) is 4.31 Å². The Morgan fingerprint density at radius 3 is 2.46 bits per heavy atom. The molecule has 2 N–H and O–H groups in total. The summed E-state index contributed by atoms with van der Waals surface area (Å²) in [6, 6.07) is 6.08. The summed E-state index contributed by atoms with van der Waals surface area (Å²) in [6.45, 7) is 4.11. The Bertz CT molecular complexity index is 710. The molecule has 1 aromatic carbocycles. The minimum absolute atomic E-state index is 0.0706. The summed E-state index contributed by atoms with van der Waals surface area (Å²) >= 11 is 0. The monoisotopic (exact) mass is 353 g/mol. The standard InChI is InChI=1S/C16H23N3O4S/c1-3-19(4-2)24(22,23)14-7-5-6-12(10-14)16(21)17-11-15(20)18-13-8-9-13/h5-7,10,13H,3-4,8-9,11H2,1-2H3,(H,17,21)(H,18,20). The zero-order chi connectivity index (χ0) is 17.7. The van der Waals surface area contributed by atoms with Gasteiger partial charge in [-0.1, -0.05) is 19.9 Å². The summed E-state index contributed by atoms with van der Waals surface area (Å²) < 4.78 is 26.3. The summed E-state index contributed by atoms with van der Waals surface area (Å²) in [5.74, 6) is -0.713. The van der Waals surface area contributed by atoms with Crippen LogP contribution in [-0.4, -0.2) is 50.2 Å². The number of amides is 2. The molecule has 0 radical (unpaired) electrons. The Hall–Kier alpha value is -1.93. The van der Waals surface area contributed by atoms with Gasteiger partial charge >= 0.3 is 0 Å². The molecule has 0 unspecified atom stereocenters. The highest BCUT2D eigenvalue weighted by atomic mass is 32.2. The first kappa shape index (κ1) is 18.4. The molecule has 0 bridgehead atoms. The number of hydrogen-bond acceptors (Lipinski definition) is 4. The maximum Gasteiger partial charge on any atom is 0.251 e. The van der Waals surface area contributed by atoms with Gasteiger partial charge in [0.1, 0.15) is 0 Å². The van der Waals surface area contributed by atoms with Crippen LogP contribution in [-0.2, 0) is 14.8 Å². The molecule has 0 saturated heterocycles. The number of rotatable bonds is 8. The number of nitrogens with one attached hydrogen (secondary N) is 2. The highest BCUT2D eigenvalue weighted by Gasteiger charge is 2.24. The van der Waals surface area contributed by atoms with Gasteiger partial charge < -0.3 is 10.6 Å². The third-order valence-electron chi connectivity index (χ3n) is 3.79. The molecule has 1 aliphatic carbocycles. The maximum atomic E-state index is 12.5. The second-order valence-corrected chi connectivity index (χ2v) is 7.58. The predicted molar refractivity (Wildman–Crippen MR) is 90.0 cm³/mol. The summed E-state index contributed by atoms with van der Waals surface area (Å²) in [7, 11) is -3.62. The van der Waals surface area contributed by atoms with Crippen molar-refractivity contribution >= 4 is 21.8 Å². The van der Waals surface area contributed by atoms with E-state index < -0.39 is 15.9 Å². The topological polar surface area (TPSA) is 95.6 Å². The second-order valence-electron chi connectivity index (χ2n) is 5.64. The van der Waals surface area contributed by atoms with E-state index in [0.717, 1.165) is 12.8 Å². The molecule has 1 aliphatic rings. The van der Waals surface area contributed by atoms with Crippen molar-refractivity contribution in [2.75, 3.05) is 19.6 Å². The minimum atomic E-state index is -3.62. The third kappa shape index (κ3) is 4.55. The highest BCUT2D eigenvalue weighted by molar-refractivity contribution is 7.89. The molecular formula is C16H23N3O4S. The lowest BCUT2D eigenvalue weighted by molar-refractivity contribution is -0.120. The summed E-state index contributed by atoms with van der Waals surface area (Å²) in [6.07, 6.45) is 1.95. The molecule has 0 aromatic heterocycles. The molecule has 0 aliphatic heterocycles. The maximum absolute atomic E-state index is 12.5. The molecule has 0 heterocycles. The van der Waals surface area contributed by atoms with Crippen LogP contribution in [0.2, 0.25) is 0 Å². The highest BCUT2D eigenvalue weighted by Crippen LogP contribution is 2.18. The average Bonchev–Trinajstić information content (AvgIpc) is 3.37. The number of hydrogen-bond donors (Lipinski definition) is 2. The average molecular weight is 353 g/mol. The van der Waals surface area contributed by atoms with E-state index in [4.69, 9.17) is 0 Å². The molecule has 0 atom stereocenters. The van der Waals surface area contributed by atoms with Crippen LogP contribution in [0.3, 0.4) is 0 Å². The fraction of sp³-hybridized carbons (Fsp3) is 0.500. The summed E-state index contributed by atoms with van der Waals surface area (Å²) in [5.41, 5.74) is 0.211. The molecule has 8 heteroatoms. The SMILES string of the molecule is CCN(CC)S(=O)(=O)c1cccc(C(=O)NCC(=O)NC2CC2)c1. The van der Waals surface area contributed by atoms with Crippen LogP contribution in [0.4, 0.5) is 0 Å². The minimum Gasteiger partial charge on any atom is -0.352 e. The van der Waals surface area contributed by atoms with Gasteiger partial charge in [0.05, 0.1) is 11.4 Å². The van der Waals surface area contributed by atoms with Gasteiger partial charge in [-0.15, -0.1) is 0 Å². The third-order valence-corrected chi connectivity index (χ3v) is 5.84. The van der Waals surface area contributed by atoms with E-state index >= 15 is 0 Å². The molecule has 7 nitrogen and oxygen atoms in total. The fourth-order valence-electron chi connectivity index (χ4n) is 2.28. The Morgan fingerprint density at radius 2 is 1.88 bits per heavy atom. The van der Waals surface area contributed by atoms with Crippen LogP contribution in [0.5, 0.6) is 0 Å². The van der Waals surface area contributed by atoms with Gasteiger partial charge in [0, 0.05) is 24.7 Å². The molecule has 1 aromatic rings. The Balaban J connectivity index is 2.05. The van der Waals surface area contributed by atoms with Crippen LogP contribution in [0.25, 0.3) is 0 Å². The molecule has 132 valence electrons. The number of benzene rings is 1. The van der Waals surface area contributed by atoms with Gasteiger partial charge in [0.15, 0.2) is 0 Å². The van der Waals surface area contributed by atoms with Crippen molar-refractivity contribution in [3.63, 3.8) is 0 Å². The first-order valence-electron chi connectivity index (χ1n) is 8.06. The molecule has 24 heavy (non-hydrogen) atoms. The number of nitrogens with zero attached hydrogens (tertiary/aromatic N) is 1. The quantitative estimate of drug-likeness (QED) is 0.720. The molecule has 1 fully saturated rings. The van der Waals surface area contributed by atoms with Crippen molar-refractivity contribution in [3.8, 4) is 0 Å². The first-order valence-corrected chi connectivity index (χ1v) is 9.50. The van der Waals surface area contributed by atoms with Crippen molar-refractivity contribution in [2.45, 2.75) is 37.6 Å². The van der Waals surface area contributed by atoms with Crippen LogP contribution in [0.15, 0.2) is 29.2 Å². The van der Waals surface area contributed by atoms with E-state index in [0.29, 0.717) is 13.1 Å². The van der Waals surface area contributed by atoms with E-state index in [2.05, 4.69) is 10.6 Å². The van der Waals surface area contributed by atoms with E-state index in [1.54, 1.807) is 13.8 Å². The zero-order valence-electron chi connectivity index (χ0n) is 13.9. The van der Waals surface area contributed by atoms with Crippen molar-refractivity contribution in [3.05, 3.63) is 29.8 Å². The fourth-order valence-corrected chi connectivity index (χ4v) is 3.78. The number of carbonyl (C=O) groups excluding carboxylic acids is 2. The largest absolute Gasteiger partial charge is 0.352 e. The molecule has 0 spiro atoms. The summed E-state index contributed by atoms with van der Waals surface area (Å²) in [4.78, 5) is 23.8.